The highest BCUT2D eigenvalue weighted by Gasteiger charge is 2.32. The maximum atomic E-state index is 12.7. The lowest BCUT2D eigenvalue weighted by Crippen LogP contribution is -2.45. The standard InChI is InChI=1S/C24H28N2O4/c1-15(2)13-30-23(27)21-17(4)25-24(28)26-22(21)19-6-5-7-20(12-19)29-14-18-10-8-16(3)9-11-18/h5-12,15,22H,13-14H2,1-4H3,(H2,25,26,28). The van der Waals surface area contributed by atoms with Crippen LogP contribution in [-0.4, -0.2) is 18.6 Å². The molecule has 0 bridgehead atoms. The molecule has 1 heterocycles. The largest absolute Gasteiger partial charge is 0.489 e. The van der Waals surface area contributed by atoms with Crippen LogP contribution in [0, 0.1) is 12.8 Å². The Morgan fingerprint density at radius 1 is 1.10 bits per heavy atom. The molecule has 0 spiro atoms. The molecular formula is C24H28N2O4. The third kappa shape index (κ3) is 5.41. The van der Waals surface area contributed by atoms with Crippen LogP contribution in [0.2, 0.25) is 0 Å². The van der Waals surface area contributed by atoms with Crippen molar-refractivity contribution in [3.8, 4) is 5.75 Å². The van der Waals surface area contributed by atoms with Gasteiger partial charge in [-0.2, -0.15) is 0 Å². The van der Waals surface area contributed by atoms with E-state index in [1.54, 1.807) is 6.92 Å². The van der Waals surface area contributed by atoms with Crippen molar-refractivity contribution < 1.29 is 19.1 Å². The summed E-state index contributed by atoms with van der Waals surface area (Å²) in [5.74, 6) is 0.441. The van der Waals surface area contributed by atoms with E-state index in [4.69, 9.17) is 9.47 Å². The van der Waals surface area contributed by atoms with Crippen LogP contribution in [0.25, 0.3) is 0 Å². The molecule has 158 valence electrons. The van der Waals surface area contributed by atoms with Gasteiger partial charge in [0.15, 0.2) is 0 Å². The van der Waals surface area contributed by atoms with E-state index in [2.05, 4.69) is 10.6 Å². The summed E-state index contributed by atoms with van der Waals surface area (Å²) < 4.78 is 11.4. The molecule has 0 saturated heterocycles. The highest BCUT2D eigenvalue weighted by molar-refractivity contribution is 5.95. The average molecular weight is 408 g/mol. The quantitative estimate of drug-likeness (QED) is 0.666. The number of carbonyl (C=O) groups excluding carboxylic acids is 2. The minimum absolute atomic E-state index is 0.220. The molecule has 2 amide bonds. The normalized spacial score (nSPS) is 16.2. The van der Waals surface area contributed by atoms with Gasteiger partial charge in [-0.15, -0.1) is 0 Å². The fourth-order valence-corrected chi connectivity index (χ4v) is 3.17. The summed E-state index contributed by atoms with van der Waals surface area (Å²) in [6, 6.07) is 14.6. The summed E-state index contributed by atoms with van der Waals surface area (Å²) in [4.78, 5) is 24.8. The Kier molecular flexibility index (Phi) is 6.77. The summed E-state index contributed by atoms with van der Waals surface area (Å²) in [7, 11) is 0. The number of urea groups is 1. The van der Waals surface area contributed by atoms with Gasteiger partial charge in [0.2, 0.25) is 0 Å². The molecule has 6 nitrogen and oxygen atoms in total. The Labute approximate surface area is 177 Å². The summed E-state index contributed by atoms with van der Waals surface area (Å²) >= 11 is 0. The second kappa shape index (κ2) is 9.48. The van der Waals surface area contributed by atoms with Crippen molar-refractivity contribution in [2.24, 2.45) is 5.92 Å². The van der Waals surface area contributed by atoms with E-state index in [-0.39, 0.29) is 11.9 Å². The van der Waals surface area contributed by atoms with Gasteiger partial charge >= 0.3 is 12.0 Å². The van der Waals surface area contributed by atoms with Gasteiger partial charge in [0.1, 0.15) is 12.4 Å². The lowest BCUT2D eigenvalue weighted by molar-refractivity contribution is -0.140. The minimum atomic E-state index is -0.610. The number of esters is 1. The molecule has 1 aliphatic rings. The molecule has 6 heteroatoms. The van der Waals surface area contributed by atoms with Crippen molar-refractivity contribution in [2.45, 2.75) is 40.3 Å². The molecule has 0 aliphatic carbocycles. The molecule has 0 radical (unpaired) electrons. The van der Waals surface area contributed by atoms with E-state index >= 15 is 0 Å². The zero-order valence-electron chi connectivity index (χ0n) is 17.8. The SMILES string of the molecule is CC1=C(C(=O)OCC(C)C)C(c2cccc(OCc3ccc(C)cc3)c2)NC(=O)N1. The molecule has 1 atom stereocenters. The smallest absolute Gasteiger partial charge is 0.338 e. The van der Waals surface area contributed by atoms with Gasteiger partial charge in [-0.3, -0.25) is 0 Å². The van der Waals surface area contributed by atoms with Crippen LogP contribution in [0.1, 0.15) is 43.5 Å². The number of hydrogen-bond donors (Lipinski definition) is 2. The third-order valence-electron chi connectivity index (χ3n) is 4.75. The van der Waals surface area contributed by atoms with E-state index in [0.717, 1.165) is 11.1 Å². The molecule has 0 aromatic heterocycles. The van der Waals surface area contributed by atoms with Gasteiger partial charge in [-0.25, -0.2) is 9.59 Å². The van der Waals surface area contributed by atoms with Gasteiger partial charge in [-0.1, -0.05) is 55.8 Å². The Morgan fingerprint density at radius 3 is 2.53 bits per heavy atom. The Bertz CT molecular complexity index is 948. The second-order valence-electron chi connectivity index (χ2n) is 7.91. The Hall–Kier alpha value is -3.28. The number of carbonyl (C=O) groups is 2. The Balaban J connectivity index is 1.80. The van der Waals surface area contributed by atoms with Gasteiger partial charge < -0.3 is 20.1 Å². The summed E-state index contributed by atoms with van der Waals surface area (Å²) in [6.45, 7) is 8.44. The number of allylic oxidation sites excluding steroid dienone is 1. The number of hydrogen-bond acceptors (Lipinski definition) is 4. The van der Waals surface area contributed by atoms with Gasteiger partial charge in [-0.05, 0) is 43.0 Å². The molecule has 1 aliphatic heterocycles. The highest BCUT2D eigenvalue weighted by atomic mass is 16.5. The summed E-state index contributed by atoms with van der Waals surface area (Å²) in [6.07, 6.45) is 0. The molecule has 30 heavy (non-hydrogen) atoms. The monoisotopic (exact) mass is 408 g/mol. The fourth-order valence-electron chi connectivity index (χ4n) is 3.17. The van der Waals surface area contributed by atoms with E-state index in [9.17, 15) is 9.59 Å². The highest BCUT2D eigenvalue weighted by Crippen LogP contribution is 2.30. The number of aryl methyl sites for hydroxylation is 1. The molecule has 2 aromatic carbocycles. The van der Waals surface area contributed by atoms with Crippen molar-refractivity contribution in [2.75, 3.05) is 6.61 Å². The number of nitrogens with one attached hydrogen (secondary N) is 2. The predicted octanol–water partition coefficient (Wildman–Crippen LogP) is 4.40. The van der Waals surface area contributed by atoms with Crippen molar-refractivity contribution >= 4 is 12.0 Å². The number of benzene rings is 2. The number of rotatable bonds is 7. The number of ether oxygens (including phenoxy) is 2. The van der Waals surface area contributed by atoms with Crippen molar-refractivity contribution in [1.82, 2.24) is 10.6 Å². The van der Waals surface area contributed by atoms with E-state index < -0.39 is 12.0 Å². The molecular weight excluding hydrogens is 380 g/mol. The number of amides is 2. The van der Waals surface area contributed by atoms with Crippen molar-refractivity contribution in [3.63, 3.8) is 0 Å². The molecule has 2 N–H and O–H groups in total. The van der Waals surface area contributed by atoms with E-state index in [1.165, 1.54) is 5.56 Å². The third-order valence-corrected chi connectivity index (χ3v) is 4.75. The van der Waals surface area contributed by atoms with Crippen LogP contribution in [0.15, 0.2) is 59.8 Å². The maximum absolute atomic E-state index is 12.7. The van der Waals surface area contributed by atoms with Crippen LogP contribution in [-0.2, 0) is 16.1 Å². The molecule has 0 fully saturated rings. The fraction of sp³-hybridized carbons (Fsp3) is 0.333. The molecule has 0 saturated carbocycles. The Morgan fingerprint density at radius 2 is 1.83 bits per heavy atom. The first kappa shape index (κ1) is 21.4. The average Bonchev–Trinajstić information content (AvgIpc) is 2.71. The second-order valence-corrected chi connectivity index (χ2v) is 7.91. The first-order valence-electron chi connectivity index (χ1n) is 10.1. The maximum Gasteiger partial charge on any atom is 0.338 e. The van der Waals surface area contributed by atoms with E-state index in [1.807, 2.05) is 69.3 Å². The predicted molar refractivity (Wildman–Crippen MR) is 115 cm³/mol. The van der Waals surface area contributed by atoms with Crippen molar-refractivity contribution in [1.29, 1.82) is 0 Å². The van der Waals surface area contributed by atoms with Crippen LogP contribution in [0.4, 0.5) is 4.79 Å². The van der Waals surface area contributed by atoms with Crippen LogP contribution >= 0.6 is 0 Å². The van der Waals surface area contributed by atoms with Gasteiger partial charge in [0, 0.05) is 5.70 Å². The lowest BCUT2D eigenvalue weighted by atomic mass is 9.95. The van der Waals surface area contributed by atoms with Gasteiger partial charge in [0.05, 0.1) is 18.2 Å². The molecule has 3 rings (SSSR count). The van der Waals surface area contributed by atoms with Crippen LogP contribution < -0.4 is 15.4 Å². The zero-order chi connectivity index (χ0) is 21.7. The first-order valence-corrected chi connectivity index (χ1v) is 10.1. The lowest BCUT2D eigenvalue weighted by Gasteiger charge is -2.28. The zero-order valence-corrected chi connectivity index (χ0v) is 17.8. The molecule has 2 aromatic rings. The summed E-state index contributed by atoms with van der Waals surface area (Å²) in [5, 5.41) is 5.49. The summed E-state index contributed by atoms with van der Waals surface area (Å²) in [5.41, 5.74) is 3.90. The van der Waals surface area contributed by atoms with Crippen LogP contribution in [0.3, 0.4) is 0 Å². The molecule has 1 unspecified atom stereocenters. The topological polar surface area (TPSA) is 76.7 Å². The van der Waals surface area contributed by atoms with E-state index in [0.29, 0.717) is 30.2 Å². The van der Waals surface area contributed by atoms with Crippen LogP contribution in [0.5, 0.6) is 5.75 Å². The van der Waals surface area contributed by atoms with Gasteiger partial charge in [0.25, 0.3) is 0 Å². The van der Waals surface area contributed by atoms with Crippen molar-refractivity contribution in [3.05, 3.63) is 76.5 Å². The first-order chi connectivity index (χ1) is 14.3. The minimum Gasteiger partial charge on any atom is -0.489 e.